The van der Waals surface area contributed by atoms with Crippen LogP contribution in [0.25, 0.3) is 10.9 Å². The van der Waals surface area contributed by atoms with E-state index in [4.69, 9.17) is 0 Å². The molecule has 0 fully saturated rings. The maximum absolute atomic E-state index is 13.9. The summed E-state index contributed by atoms with van der Waals surface area (Å²) in [5, 5.41) is 21.6. The van der Waals surface area contributed by atoms with Crippen LogP contribution >= 0.6 is 0 Å². The van der Waals surface area contributed by atoms with Crippen molar-refractivity contribution in [2.75, 3.05) is 13.6 Å². The molecule has 4 rings (SSSR count). The second-order valence-corrected chi connectivity index (χ2v) is 12.1. The van der Waals surface area contributed by atoms with Crippen molar-refractivity contribution in [3.8, 4) is 0 Å². The number of aromatic nitrogens is 1. The van der Waals surface area contributed by atoms with E-state index in [1.54, 1.807) is 18.0 Å². The van der Waals surface area contributed by atoms with Gasteiger partial charge in [0.1, 0.15) is 23.8 Å². The van der Waals surface area contributed by atoms with Crippen molar-refractivity contribution in [2.45, 2.75) is 63.9 Å². The Kier molecular flexibility index (Phi) is 13.1. The molecular formula is C37H44N6O6. The molecule has 258 valence electrons. The van der Waals surface area contributed by atoms with Gasteiger partial charge in [0.2, 0.25) is 23.6 Å². The molecule has 0 saturated carbocycles. The standard InChI is InChI=1S/C37H44N6O6/c1-24(44)33(39-25(2)45)36(48)38-20-12-19-30(41-35(47)31-22-28-17-10-11-18-29(28)40-31)34(46)42-32(21-26-13-6-4-7-14-26)37(49)43(3)23-27-15-8-5-9-16-27/h4-11,13-18,22,24,30,32-33,40,44H,12,19-21,23H2,1-3H3,(H,38,48)(H,39,45)(H,41,47)(H,42,46)/t24-,30+,32+,33+/m1/s1. The molecule has 49 heavy (non-hydrogen) atoms. The van der Waals surface area contributed by atoms with Gasteiger partial charge in [-0.2, -0.15) is 0 Å². The largest absolute Gasteiger partial charge is 0.391 e. The lowest BCUT2D eigenvalue weighted by atomic mass is 10.0. The molecule has 0 bridgehead atoms. The Morgan fingerprint density at radius 2 is 1.43 bits per heavy atom. The van der Waals surface area contributed by atoms with E-state index >= 15 is 0 Å². The minimum Gasteiger partial charge on any atom is -0.391 e. The van der Waals surface area contributed by atoms with E-state index in [0.717, 1.165) is 22.0 Å². The SMILES string of the molecule is CC(=O)N[C@H](C(=O)NCCC[C@H](NC(=O)c1cc2ccccc2[nH]1)C(=O)N[C@@H](Cc1ccccc1)C(=O)N(C)Cc1ccccc1)[C@@H](C)O. The fourth-order valence-electron chi connectivity index (χ4n) is 5.48. The Balaban J connectivity index is 1.51. The third-order valence-electron chi connectivity index (χ3n) is 8.02. The molecule has 6 N–H and O–H groups in total. The molecule has 0 radical (unpaired) electrons. The number of nitrogens with zero attached hydrogens (tertiary/aromatic N) is 1. The molecule has 0 aliphatic carbocycles. The van der Waals surface area contributed by atoms with Crippen LogP contribution in [-0.4, -0.2) is 82.3 Å². The number of para-hydroxylation sites is 1. The maximum Gasteiger partial charge on any atom is 0.268 e. The summed E-state index contributed by atoms with van der Waals surface area (Å²) in [4.78, 5) is 70.0. The highest BCUT2D eigenvalue weighted by atomic mass is 16.3. The van der Waals surface area contributed by atoms with Gasteiger partial charge in [-0.3, -0.25) is 24.0 Å². The van der Waals surface area contributed by atoms with Crippen molar-refractivity contribution in [3.05, 3.63) is 108 Å². The number of carbonyl (C=O) groups is 5. The Labute approximate surface area is 285 Å². The zero-order chi connectivity index (χ0) is 35.3. The van der Waals surface area contributed by atoms with Gasteiger partial charge in [0.05, 0.1) is 6.10 Å². The minimum absolute atomic E-state index is 0.0971. The van der Waals surface area contributed by atoms with Crippen LogP contribution in [0, 0.1) is 0 Å². The second kappa shape index (κ2) is 17.6. The highest BCUT2D eigenvalue weighted by Crippen LogP contribution is 2.15. The molecule has 4 aromatic rings. The molecule has 0 aliphatic heterocycles. The summed E-state index contributed by atoms with van der Waals surface area (Å²) in [5.41, 5.74) is 2.81. The number of aromatic amines is 1. The molecular weight excluding hydrogens is 624 g/mol. The molecule has 0 saturated heterocycles. The van der Waals surface area contributed by atoms with Crippen LogP contribution in [0.1, 0.15) is 48.3 Å². The van der Waals surface area contributed by atoms with E-state index < -0.39 is 47.9 Å². The molecule has 12 heteroatoms. The van der Waals surface area contributed by atoms with Crippen LogP contribution in [0.4, 0.5) is 0 Å². The van der Waals surface area contributed by atoms with Gasteiger partial charge in [0.25, 0.3) is 5.91 Å². The van der Waals surface area contributed by atoms with Crippen molar-refractivity contribution >= 4 is 40.4 Å². The Morgan fingerprint density at radius 1 is 0.796 bits per heavy atom. The second-order valence-electron chi connectivity index (χ2n) is 12.1. The predicted molar refractivity (Wildman–Crippen MR) is 186 cm³/mol. The summed E-state index contributed by atoms with van der Waals surface area (Å²) in [7, 11) is 1.68. The summed E-state index contributed by atoms with van der Waals surface area (Å²) in [6.07, 6.45) is -0.525. The first-order chi connectivity index (χ1) is 23.5. The lowest BCUT2D eigenvalue weighted by molar-refractivity contribution is -0.136. The summed E-state index contributed by atoms with van der Waals surface area (Å²) in [6, 6.07) is 24.8. The molecule has 1 heterocycles. The number of aliphatic hydroxyl groups excluding tert-OH is 1. The topological polar surface area (TPSA) is 173 Å². The first-order valence-electron chi connectivity index (χ1n) is 16.3. The third-order valence-corrected chi connectivity index (χ3v) is 8.02. The molecule has 0 spiro atoms. The lowest BCUT2D eigenvalue weighted by Gasteiger charge is -2.27. The predicted octanol–water partition coefficient (Wildman–Crippen LogP) is 2.43. The Morgan fingerprint density at radius 3 is 2.06 bits per heavy atom. The van der Waals surface area contributed by atoms with Gasteiger partial charge in [-0.05, 0) is 43.0 Å². The van der Waals surface area contributed by atoms with Crippen molar-refractivity contribution in [1.82, 2.24) is 31.2 Å². The normalized spacial score (nSPS) is 13.4. The number of hydrogen-bond donors (Lipinski definition) is 6. The molecule has 1 aromatic heterocycles. The quantitative estimate of drug-likeness (QED) is 0.100. The number of carbonyl (C=O) groups excluding carboxylic acids is 5. The Bertz CT molecular complexity index is 1690. The number of aliphatic hydroxyl groups is 1. The van der Waals surface area contributed by atoms with E-state index in [1.165, 1.54) is 13.8 Å². The van der Waals surface area contributed by atoms with Gasteiger partial charge in [-0.25, -0.2) is 0 Å². The summed E-state index contributed by atoms with van der Waals surface area (Å²) in [6.45, 7) is 3.08. The van der Waals surface area contributed by atoms with Gasteiger partial charge in [0.15, 0.2) is 0 Å². The highest BCUT2D eigenvalue weighted by molar-refractivity contribution is 6.00. The fraction of sp³-hybridized carbons (Fsp3) is 0.324. The van der Waals surface area contributed by atoms with Crippen molar-refractivity contribution in [1.29, 1.82) is 0 Å². The van der Waals surface area contributed by atoms with E-state index in [-0.39, 0.29) is 37.4 Å². The zero-order valence-corrected chi connectivity index (χ0v) is 27.9. The van der Waals surface area contributed by atoms with E-state index in [2.05, 4.69) is 26.3 Å². The summed E-state index contributed by atoms with van der Waals surface area (Å²) >= 11 is 0. The Hall–Kier alpha value is -5.49. The van der Waals surface area contributed by atoms with E-state index in [0.29, 0.717) is 6.54 Å². The van der Waals surface area contributed by atoms with Crippen molar-refractivity contribution < 1.29 is 29.1 Å². The highest BCUT2D eigenvalue weighted by Gasteiger charge is 2.30. The smallest absolute Gasteiger partial charge is 0.268 e. The number of amides is 5. The average Bonchev–Trinajstić information content (AvgIpc) is 3.53. The van der Waals surface area contributed by atoms with Crippen LogP contribution in [0.5, 0.6) is 0 Å². The van der Waals surface area contributed by atoms with Crippen LogP contribution in [0.3, 0.4) is 0 Å². The minimum atomic E-state index is -1.14. The van der Waals surface area contributed by atoms with Gasteiger partial charge in [-0.1, -0.05) is 78.9 Å². The van der Waals surface area contributed by atoms with Gasteiger partial charge < -0.3 is 36.3 Å². The van der Waals surface area contributed by atoms with Gasteiger partial charge in [0, 0.05) is 44.4 Å². The number of rotatable bonds is 16. The first kappa shape index (κ1) is 36.3. The van der Waals surface area contributed by atoms with Crippen LogP contribution in [0.15, 0.2) is 91.0 Å². The van der Waals surface area contributed by atoms with Crippen molar-refractivity contribution in [3.63, 3.8) is 0 Å². The molecule has 0 aliphatic rings. The van der Waals surface area contributed by atoms with Gasteiger partial charge >= 0.3 is 0 Å². The van der Waals surface area contributed by atoms with E-state index in [1.807, 2.05) is 84.9 Å². The van der Waals surface area contributed by atoms with Crippen LogP contribution in [0.2, 0.25) is 0 Å². The fourth-order valence-corrected chi connectivity index (χ4v) is 5.48. The molecule has 4 atom stereocenters. The third kappa shape index (κ3) is 10.8. The van der Waals surface area contributed by atoms with Crippen LogP contribution < -0.4 is 21.3 Å². The maximum atomic E-state index is 13.9. The number of hydrogen-bond acceptors (Lipinski definition) is 6. The summed E-state index contributed by atoms with van der Waals surface area (Å²) in [5.74, 6) is -2.41. The molecule has 0 unspecified atom stereocenters. The number of nitrogens with one attached hydrogen (secondary N) is 5. The molecule has 3 aromatic carbocycles. The molecule has 12 nitrogen and oxygen atoms in total. The van der Waals surface area contributed by atoms with Crippen LogP contribution in [-0.2, 0) is 32.1 Å². The summed E-state index contributed by atoms with van der Waals surface area (Å²) < 4.78 is 0. The van der Waals surface area contributed by atoms with Gasteiger partial charge in [-0.15, -0.1) is 0 Å². The number of likely N-dealkylation sites (N-methyl/N-ethyl adjacent to an activating group) is 1. The van der Waals surface area contributed by atoms with Crippen molar-refractivity contribution in [2.24, 2.45) is 0 Å². The lowest BCUT2D eigenvalue weighted by Crippen LogP contribution is -2.55. The number of benzene rings is 3. The monoisotopic (exact) mass is 668 g/mol. The van der Waals surface area contributed by atoms with E-state index in [9.17, 15) is 29.1 Å². The number of fused-ring (bicyclic) bond motifs is 1. The zero-order valence-electron chi connectivity index (χ0n) is 27.9. The average molecular weight is 669 g/mol. The first-order valence-corrected chi connectivity index (χ1v) is 16.3. The molecule has 5 amide bonds. The number of H-pyrrole nitrogens is 1.